The first-order chi connectivity index (χ1) is 15.4. The summed E-state index contributed by atoms with van der Waals surface area (Å²) in [5.74, 6) is 3.02. The van der Waals surface area contributed by atoms with Gasteiger partial charge in [0.2, 0.25) is 5.91 Å². The second-order valence-electron chi connectivity index (χ2n) is 8.74. The highest BCUT2D eigenvalue weighted by atomic mass is 16.5. The van der Waals surface area contributed by atoms with Gasteiger partial charge in [0, 0.05) is 43.3 Å². The van der Waals surface area contributed by atoms with E-state index in [1.807, 2.05) is 47.4 Å². The van der Waals surface area contributed by atoms with Gasteiger partial charge in [-0.2, -0.15) is 0 Å². The van der Waals surface area contributed by atoms with E-state index in [9.17, 15) is 4.79 Å². The van der Waals surface area contributed by atoms with Gasteiger partial charge in [-0.05, 0) is 61.2 Å². The molecule has 0 aliphatic carbocycles. The van der Waals surface area contributed by atoms with Crippen molar-refractivity contribution in [1.29, 1.82) is 0 Å². The van der Waals surface area contributed by atoms with E-state index >= 15 is 0 Å². The van der Waals surface area contributed by atoms with E-state index in [1.165, 1.54) is 0 Å². The number of ether oxygens (including phenoxy) is 3. The molecule has 0 aromatic heterocycles. The smallest absolute Gasteiger partial charge is 0.227 e. The number of benzene rings is 2. The van der Waals surface area contributed by atoms with Crippen LogP contribution in [0.4, 0.5) is 5.69 Å². The minimum Gasteiger partial charge on any atom is -0.497 e. The van der Waals surface area contributed by atoms with Gasteiger partial charge in [0.25, 0.3) is 0 Å². The lowest BCUT2D eigenvalue weighted by Crippen LogP contribution is -2.47. The van der Waals surface area contributed by atoms with Crippen LogP contribution in [0, 0.1) is 5.92 Å². The zero-order chi connectivity index (χ0) is 23.1. The lowest BCUT2D eigenvalue weighted by molar-refractivity contribution is -0.120. The fourth-order valence-electron chi connectivity index (χ4n) is 4.33. The zero-order valence-electron chi connectivity index (χ0n) is 20.0. The van der Waals surface area contributed by atoms with Crippen molar-refractivity contribution in [3.8, 4) is 17.2 Å². The molecule has 6 heteroatoms. The van der Waals surface area contributed by atoms with Gasteiger partial charge in [0.15, 0.2) is 0 Å². The molecule has 0 N–H and O–H groups in total. The van der Waals surface area contributed by atoms with Crippen LogP contribution in [0.2, 0.25) is 0 Å². The van der Waals surface area contributed by atoms with Gasteiger partial charge in [-0.15, -0.1) is 0 Å². The van der Waals surface area contributed by atoms with E-state index in [4.69, 9.17) is 14.2 Å². The molecule has 1 amide bonds. The third-order valence-electron chi connectivity index (χ3n) is 6.01. The van der Waals surface area contributed by atoms with Crippen LogP contribution in [0.25, 0.3) is 0 Å². The molecule has 0 unspecified atom stereocenters. The summed E-state index contributed by atoms with van der Waals surface area (Å²) in [6.07, 6.45) is 2.41. The summed E-state index contributed by atoms with van der Waals surface area (Å²) in [7, 11) is 5.04. The van der Waals surface area contributed by atoms with Gasteiger partial charge in [0.1, 0.15) is 17.2 Å². The second kappa shape index (κ2) is 11.2. The van der Waals surface area contributed by atoms with Gasteiger partial charge in [-0.25, -0.2) is 0 Å². The van der Waals surface area contributed by atoms with Crippen molar-refractivity contribution < 1.29 is 19.0 Å². The Morgan fingerprint density at radius 3 is 2.16 bits per heavy atom. The highest BCUT2D eigenvalue weighted by molar-refractivity contribution is 5.94. The van der Waals surface area contributed by atoms with Crippen LogP contribution >= 0.6 is 0 Å². The van der Waals surface area contributed by atoms with Crippen LogP contribution in [0.1, 0.15) is 38.7 Å². The summed E-state index contributed by atoms with van der Waals surface area (Å²) in [6, 6.07) is 13.9. The summed E-state index contributed by atoms with van der Waals surface area (Å²) < 4.78 is 16.2. The number of likely N-dealkylation sites (tertiary alicyclic amines) is 1. The number of anilines is 1. The van der Waals surface area contributed by atoms with E-state index in [0.29, 0.717) is 12.3 Å². The van der Waals surface area contributed by atoms with Crippen LogP contribution in [0.3, 0.4) is 0 Å². The number of piperidine rings is 1. The Morgan fingerprint density at radius 2 is 1.59 bits per heavy atom. The molecule has 1 aliphatic heterocycles. The van der Waals surface area contributed by atoms with Gasteiger partial charge < -0.3 is 19.1 Å². The van der Waals surface area contributed by atoms with Crippen molar-refractivity contribution >= 4 is 11.6 Å². The van der Waals surface area contributed by atoms with Crippen LogP contribution in [-0.4, -0.2) is 51.3 Å². The number of hydrogen-bond donors (Lipinski definition) is 0. The van der Waals surface area contributed by atoms with Crippen LogP contribution in [-0.2, 0) is 11.3 Å². The predicted octanol–water partition coefficient (Wildman–Crippen LogP) is 4.76. The molecule has 1 fully saturated rings. The van der Waals surface area contributed by atoms with Gasteiger partial charge in [-0.1, -0.05) is 13.8 Å². The Kier molecular flexibility index (Phi) is 8.39. The summed E-state index contributed by atoms with van der Waals surface area (Å²) in [5, 5.41) is 0. The Hall–Kier alpha value is -2.73. The van der Waals surface area contributed by atoms with E-state index in [1.54, 1.807) is 21.3 Å². The maximum atomic E-state index is 13.2. The molecule has 0 saturated carbocycles. The SMILES string of the molecule is COc1ccc(N(C(=O)CC(C)C)C2CCN(Cc3cc(OC)ccc3OC)CC2)cc1. The molecule has 2 aromatic rings. The van der Waals surface area contributed by atoms with Crippen molar-refractivity contribution in [3.63, 3.8) is 0 Å². The maximum absolute atomic E-state index is 13.2. The Bertz CT molecular complexity index is 874. The lowest BCUT2D eigenvalue weighted by atomic mass is 9.99. The van der Waals surface area contributed by atoms with Crippen molar-refractivity contribution in [2.24, 2.45) is 5.92 Å². The molecule has 2 aromatic carbocycles. The van der Waals surface area contributed by atoms with Gasteiger partial charge in [0.05, 0.1) is 21.3 Å². The van der Waals surface area contributed by atoms with Gasteiger partial charge >= 0.3 is 0 Å². The molecule has 1 aliphatic rings. The standard InChI is InChI=1S/C26H36N2O4/c1-19(2)16-26(29)28(21-6-8-23(30-3)9-7-21)22-12-14-27(15-13-22)18-20-17-24(31-4)10-11-25(20)32-5/h6-11,17,19,22H,12-16,18H2,1-5H3. The van der Waals surface area contributed by atoms with Crippen LogP contribution in [0.15, 0.2) is 42.5 Å². The second-order valence-corrected chi connectivity index (χ2v) is 8.74. The normalized spacial score (nSPS) is 14.9. The molecule has 0 atom stereocenters. The Balaban J connectivity index is 1.71. The van der Waals surface area contributed by atoms with E-state index in [0.717, 1.165) is 61.0 Å². The minimum absolute atomic E-state index is 0.193. The molecule has 1 saturated heterocycles. The monoisotopic (exact) mass is 440 g/mol. The number of nitrogens with zero attached hydrogens (tertiary/aromatic N) is 2. The lowest BCUT2D eigenvalue weighted by Gasteiger charge is -2.39. The summed E-state index contributed by atoms with van der Waals surface area (Å²) >= 11 is 0. The van der Waals surface area contributed by atoms with Crippen molar-refractivity contribution in [2.45, 2.75) is 45.7 Å². The third kappa shape index (κ3) is 5.94. The number of methoxy groups -OCH3 is 3. The molecule has 0 spiro atoms. The van der Waals surface area contributed by atoms with E-state index in [-0.39, 0.29) is 11.9 Å². The van der Waals surface area contributed by atoms with Crippen LogP contribution < -0.4 is 19.1 Å². The fraction of sp³-hybridized carbons (Fsp3) is 0.500. The van der Waals surface area contributed by atoms with E-state index in [2.05, 4.69) is 18.7 Å². The maximum Gasteiger partial charge on any atom is 0.227 e. The minimum atomic E-state index is 0.193. The largest absolute Gasteiger partial charge is 0.497 e. The molecule has 1 heterocycles. The topological polar surface area (TPSA) is 51.2 Å². The van der Waals surface area contributed by atoms with Crippen LogP contribution in [0.5, 0.6) is 17.2 Å². The number of rotatable bonds is 9. The Labute approximate surface area is 192 Å². The molecular weight excluding hydrogens is 404 g/mol. The van der Waals surface area contributed by atoms with Crippen molar-refractivity contribution in [2.75, 3.05) is 39.3 Å². The highest BCUT2D eigenvalue weighted by Gasteiger charge is 2.29. The first-order valence-corrected chi connectivity index (χ1v) is 11.3. The first-order valence-electron chi connectivity index (χ1n) is 11.3. The number of carbonyl (C=O) groups is 1. The summed E-state index contributed by atoms with van der Waals surface area (Å²) in [4.78, 5) is 17.6. The number of hydrogen-bond acceptors (Lipinski definition) is 5. The third-order valence-corrected chi connectivity index (χ3v) is 6.01. The molecule has 0 bridgehead atoms. The molecule has 6 nitrogen and oxygen atoms in total. The quantitative estimate of drug-likeness (QED) is 0.563. The van der Waals surface area contributed by atoms with Crippen molar-refractivity contribution in [1.82, 2.24) is 4.90 Å². The Morgan fingerprint density at radius 1 is 0.969 bits per heavy atom. The fourth-order valence-corrected chi connectivity index (χ4v) is 4.33. The molecule has 3 rings (SSSR count). The predicted molar refractivity (Wildman–Crippen MR) is 128 cm³/mol. The molecule has 32 heavy (non-hydrogen) atoms. The number of carbonyl (C=O) groups excluding carboxylic acids is 1. The first kappa shape index (κ1) is 23.9. The summed E-state index contributed by atoms with van der Waals surface area (Å²) in [6.45, 7) is 6.83. The highest BCUT2D eigenvalue weighted by Crippen LogP contribution is 2.30. The number of amides is 1. The molecular formula is C26H36N2O4. The molecule has 174 valence electrons. The van der Waals surface area contributed by atoms with E-state index < -0.39 is 0 Å². The zero-order valence-corrected chi connectivity index (χ0v) is 20.0. The van der Waals surface area contributed by atoms with Gasteiger partial charge in [-0.3, -0.25) is 9.69 Å². The average Bonchev–Trinajstić information content (AvgIpc) is 2.80. The molecule has 0 radical (unpaired) electrons. The summed E-state index contributed by atoms with van der Waals surface area (Å²) in [5.41, 5.74) is 2.07. The van der Waals surface area contributed by atoms with Crippen molar-refractivity contribution in [3.05, 3.63) is 48.0 Å². The average molecular weight is 441 g/mol.